The van der Waals surface area contributed by atoms with E-state index in [9.17, 15) is 26.0 Å². The van der Waals surface area contributed by atoms with Gasteiger partial charge in [-0.3, -0.25) is 4.72 Å². The fourth-order valence-corrected chi connectivity index (χ4v) is 2.52. The molecule has 0 aliphatic carbocycles. The van der Waals surface area contributed by atoms with E-state index in [0.717, 1.165) is 24.3 Å². The van der Waals surface area contributed by atoms with Crippen LogP contribution in [0.4, 0.5) is 23.2 Å². The van der Waals surface area contributed by atoms with Gasteiger partial charge in [-0.05, 0) is 30.3 Å². The first-order chi connectivity index (χ1) is 9.31. The summed E-state index contributed by atoms with van der Waals surface area (Å²) in [7, 11) is -4.43. The summed E-state index contributed by atoms with van der Waals surface area (Å²) in [6.07, 6.45) is 0. The van der Waals surface area contributed by atoms with Crippen molar-refractivity contribution >= 4 is 15.7 Å². The molecule has 0 fully saturated rings. The molecule has 0 saturated carbocycles. The summed E-state index contributed by atoms with van der Waals surface area (Å²) >= 11 is 0. The highest BCUT2D eigenvalue weighted by Gasteiger charge is 2.20. The van der Waals surface area contributed by atoms with Gasteiger partial charge in [0.1, 0.15) is 17.3 Å². The minimum atomic E-state index is -4.43. The number of rotatable bonds is 3. The zero-order valence-electron chi connectivity index (χ0n) is 9.70. The Morgan fingerprint density at radius 2 is 1.40 bits per heavy atom. The molecule has 0 bridgehead atoms. The number of hydrogen-bond donors (Lipinski definition) is 1. The number of anilines is 1. The quantitative estimate of drug-likeness (QED) is 0.886. The molecule has 8 heteroatoms. The molecule has 0 saturated heterocycles. The number of sulfonamides is 1. The average molecular weight is 305 g/mol. The van der Waals surface area contributed by atoms with E-state index in [-0.39, 0.29) is 0 Å². The van der Waals surface area contributed by atoms with Crippen LogP contribution >= 0.6 is 0 Å². The topological polar surface area (TPSA) is 46.2 Å². The van der Waals surface area contributed by atoms with Crippen molar-refractivity contribution in [3.63, 3.8) is 0 Å². The third kappa shape index (κ3) is 2.74. The molecule has 2 aromatic rings. The van der Waals surface area contributed by atoms with Crippen LogP contribution in [-0.4, -0.2) is 8.42 Å². The van der Waals surface area contributed by atoms with Gasteiger partial charge < -0.3 is 0 Å². The van der Waals surface area contributed by atoms with Gasteiger partial charge in [0.25, 0.3) is 10.0 Å². The molecule has 2 aromatic carbocycles. The number of hydrogen-bond acceptors (Lipinski definition) is 2. The Balaban J connectivity index is 2.43. The van der Waals surface area contributed by atoms with Gasteiger partial charge in [0.15, 0.2) is 11.6 Å². The Kier molecular flexibility index (Phi) is 3.67. The van der Waals surface area contributed by atoms with Gasteiger partial charge >= 0.3 is 0 Å². The summed E-state index contributed by atoms with van der Waals surface area (Å²) in [4.78, 5) is -0.654. The van der Waals surface area contributed by atoms with E-state index in [1.54, 1.807) is 4.72 Å². The molecule has 0 spiro atoms. The standard InChI is InChI=1S/C12H7F4NO2S/c13-8-5-4-7(6-11(8)16)20(18,19)17-12-9(14)2-1-3-10(12)15/h1-6,17H. The van der Waals surface area contributed by atoms with Crippen molar-refractivity contribution in [2.24, 2.45) is 0 Å². The van der Waals surface area contributed by atoms with E-state index >= 15 is 0 Å². The molecule has 20 heavy (non-hydrogen) atoms. The smallest absolute Gasteiger partial charge is 0.262 e. The van der Waals surface area contributed by atoms with Gasteiger partial charge in [-0.2, -0.15) is 0 Å². The molecule has 0 unspecified atom stereocenters. The van der Waals surface area contributed by atoms with Crippen LogP contribution < -0.4 is 4.72 Å². The highest BCUT2D eigenvalue weighted by atomic mass is 32.2. The summed E-state index contributed by atoms with van der Waals surface area (Å²) in [5.41, 5.74) is -0.891. The molecule has 0 heterocycles. The van der Waals surface area contributed by atoms with Gasteiger partial charge in [-0.1, -0.05) is 6.07 Å². The summed E-state index contributed by atoms with van der Waals surface area (Å²) in [6.45, 7) is 0. The lowest BCUT2D eigenvalue weighted by Gasteiger charge is -2.09. The summed E-state index contributed by atoms with van der Waals surface area (Å²) in [5, 5.41) is 0. The van der Waals surface area contributed by atoms with Crippen LogP contribution in [0.2, 0.25) is 0 Å². The summed E-state index contributed by atoms with van der Waals surface area (Å²) in [6, 6.07) is 4.55. The predicted molar refractivity (Wildman–Crippen MR) is 63.5 cm³/mol. The van der Waals surface area contributed by atoms with E-state index in [0.29, 0.717) is 12.1 Å². The van der Waals surface area contributed by atoms with Crippen molar-refractivity contribution in [3.05, 3.63) is 59.7 Å². The number of benzene rings is 2. The van der Waals surface area contributed by atoms with Crippen LogP contribution in [-0.2, 0) is 10.0 Å². The van der Waals surface area contributed by atoms with E-state index in [4.69, 9.17) is 0 Å². The molecule has 1 N–H and O–H groups in total. The molecule has 0 aliphatic rings. The fourth-order valence-electron chi connectivity index (χ4n) is 1.43. The minimum Gasteiger partial charge on any atom is -0.274 e. The molecule has 0 atom stereocenters. The predicted octanol–water partition coefficient (Wildman–Crippen LogP) is 3.04. The van der Waals surface area contributed by atoms with Crippen molar-refractivity contribution in [1.29, 1.82) is 0 Å². The molecule has 2 rings (SSSR count). The molecule has 0 amide bonds. The number of halogens is 4. The molecule has 106 valence electrons. The van der Waals surface area contributed by atoms with Gasteiger partial charge in [0.05, 0.1) is 4.90 Å². The zero-order chi connectivity index (χ0) is 14.9. The molecule has 0 radical (unpaired) electrons. The SMILES string of the molecule is O=S(=O)(Nc1c(F)cccc1F)c1ccc(F)c(F)c1. The Hall–Kier alpha value is -2.09. The van der Waals surface area contributed by atoms with Crippen LogP contribution in [0.15, 0.2) is 41.3 Å². The Bertz CT molecular complexity index is 742. The lowest BCUT2D eigenvalue weighted by molar-refractivity contribution is 0.504. The highest BCUT2D eigenvalue weighted by Crippen LogP contribution is 2.23. The first-order valence-corrected chi connectivity index (χ1v) is 6.71. The summed E-state index contributed by atoms with van der Waals surface area (Å²) in [5.74, 6) is -4.88. The highest BCUT2D eigenvalue weighted by molar-refractivity contribution is 7.92. The average Bonchev–Trinajstić information content (AvgIpc) is 2.37. The molecular formula is C12H7F4NO2S. The Morgan fingerprint density at radius 1 is 0.800 bits per heavy atom. The largest absolute Gasteiger partial charge is 0.274 e. The van der Waals surface area contributed by atoms with Crippen LogP contribution in [0, 0.1) is 23.3 Å². The molecule has 0 aromatic heterocycles. The maximum atomic E-state index is 13.3. The third-order valence-corrected chi connectivity index (χ3v) is 3.75. The fraction of sp³-hybridized carbons (Fsp3) is 0. The normalized spacial score (nSPS) is 11.4. The van der Waals surface area contributed by atoms with Crippen molar-refractivity contribution < 1.29 is 26.0 Å². The molecular weight excluding hydrogens is 298 g/mol. The number of nitrogens with one attached hydrogen (secondary N) is 1. The van der Waals surface area contributed by atoms with Gasteiger partial charge in [-0.15, -0.1) is 0 Å². The first kappa shape index (κ1) is 14.3. The minimum absolute atomic E-state index is 0.413. The second-order valence-electron chi connectivity index (χ2n) is 3.78. The van der Waals surface area contributed by atoms with Crippen molar-refractivity contribution in [1.82, 2.24) is 0 Å². The van der Waals surface area contributed by atoms with E-state index in [1.165, 1.54) is 0 Å². The molecule has 0 aliphatic heterocycles. The third-order valence-electron chi connectivity index (χ3n) is 2.40. The van der Waals surface area contributed by atoms with Crippen molar-refractivity contribution in [2.45, 2.75) is 4.90 Å². The number of para-hydroxylation sites is 1. The van der Waals surface area contributed by atoms with Crippen molar-refractivity contribution in [3.8, 4) is 0 Å². The lowest BCUT2D eigenvalue weighted by Crippen LogP contribution is -2.15. The van der Waals surface area contributed by atoms with Crippen LogP contribution in [0.3, 0.4) is 0 Å². The maximum Gasteiger partial charge on any atom is 0.262 e. The van der Waals surface area contributed by atoms with Gasteiger partial charge in [0, 0.05) is 0 Å². The van der Waals surface area contributed by atoms with Crippen LogP contribution in [0.25, 0.3) is 0 Å². The summed E-state index contributed by atoms with van der Waals surface area (Å²) < 4.78 is 77.7. The van der Waals surface area contributed by atoms with Crippen LogP contribution in [0.5, 0.6) is 0 Å². The Labute approximate surface area is 111 Å². The monoisotopic (exact) mass is 305 g/mol. The van der Waals surface area contributed by atoms with Gasteiger partial charge in [-0.25, -0.2) is 26.0 Å². The van der Waals surface area contributed by atoms with Crippen molar-refractivity contribution in [2.75, 3.05) is 4.72 Å². The van der Waals surface area contributed by atoms with E-state index in [2.05, 4.69) is 0 Å². The van der Waals surface area contributed by atoms with Crippen LogP contribution in [0.1, 0.15) is 0 Å². The first-order valence-electron chi connectivity index (χ1n) is 5.23. The van der Waals surface area contributed by atoms with E-state index < -0.39 is 43.9 Å². The second kappa shape index (κ2) is 5.12. The Morgan fingerprint density at radius 3 is 1.95 bits per heavy atom. The zero-order valence-corrected chi connectivity index (χ0v) is 10.5. The second-order valence-corrected chi connectivity index (χ2v) is 5.46. The maximum absolute atomic E-state index is 13.3. The lowest BCUT2D eigenvalue weighted by atomic mass is 10.3. The van der Waals surface area contributed by atoms with E-state index in [1.807, 2.05) is 0 Å². The van der Waals surface area contributed by atoms with Gasteiger partial charge in [0.2, 0.25) is 0 Å². The molecule has 3 nitrogen and oxygen atoms in total.